The number of hydrogen-bond donors (Lipinski definition) is 4. The van der Waals surface area contributed by atoms with E-state index in [0.29, 0.717) is 17.0 Å². The van der Waals surface area contributed by atoms with Crippen LogP contribution in [0.25, 0.3) is 16.9 Å². The van der Waals surface area contributed by atoms with Gasteiger partial charge in [0.15, 0.2) is 23.3 Å². The number of aromatic nitrogens is 4. The van der Waals surface area contributed by atoms with Crippen molar-refractivity contribution in [2.45, 2.75) is 6.42 Å². The Morgan fingerprint density at radius 1 is 1.03 bits per heavy atom. The highest BCUT2D eigenvalue weighted by atomic mass is 19.2. The van der Waals surface area contributed by atoms with Crippen LogP contribution in [0.2, 0.25) is 0 Å². The molecular weight excluding hydrogens is 415 g/mol. The van der Waals surface area contributed by atoms with Crippen LogP contribution in [0.1, 0.15) is 11.3 Å². The fourth-order valence-corrected chi connectivity index (χ4v) is 3.13. The smallest absolute Gasteiger partial charge is 0.409 e. The van der Waals surface area contributed by atoms with Crippen LogP contribution >= 0.6 is 0 Å². The van der Waals surface area contributed by atoms with Crippen molar-refractivity contribution in [2.75, 3.05) is 16.8 Å². The lowest BCUT2D eigenvalue weighted by atomic mass is 10.1. The molecule has 6 N–H and O–H groups in total. The minimum atomic E-state index is -1.40. The van der Waals surface area contributed by atoms with Gasteiger partial charge in [0.05, 0.1) is 11.2 Å². The lowest BCUT2D eigenvalue weighted by molar-refractivity contribution is 0.209. The van der Waals surface area contributed by atoms with Gasteiger partial charge in [-0.1, -0.05) is 18.2 Å². The van der Waals surface area contributed by atoms with Crippen LogP contribution in [0, 0.1) is 17.5 Å². The van der Waals surface area contributed by atoms with Crippen LogP contribution in [0.15, 0.2) is 36.4 Å². The zero-order valence-corrected chi connectivity index (χ0v) is 15.6. The summed E-state index contributed by atoms with van der Waals surface area (Å²) in [6.07, 6.45) is -1.74. The number of fused-ring (bicyclic) bond motifs is 1. The third-order valence-electron chi connectivity index (χ3n) is 4.52. The molecule has 158 valence electrons. The average molecular weight is 429 g/mol. The van der Waals surface area contributed by atoms with Gasteiger partial charge in [-0.05, 0) is 18.2 Å². The molecule has 0 spiro atoms. The highest BCUT2D eigenvalue weighted by Crippen LogP contribution is 2.28. The number of nitrogens with two attached hydrogens (primary N) is 2. The van der Waals surface area contributed by atoms with Crippen LogP contribution in [0.3, 0.4) is 0 Å². The van der Waals surface area contributed by atoms with Crippen molar-refractivity contribution in [3.05, 3.63) is 65.1 Å². The number of carboxylic acid groups (broad SMARTS) is 1. The maximum Gasteiger partial charge on any atom is 0.409 e. The third kappa shape index (κ3) is 3.54. The fourth-order valence-electron chi connectivity index (χ4n) is 3.13. The Labute approximate surface area is 172 Å². The second kappa shape index (κ2) is 7.48. The number of nitrogens with one attached hydrogen (secondary N) is 1. The number of nitrogens with zero attached hydrogens (tertiary/aromatic N) is 4. The van der Waals surface area contributed by atoms with Gasteiger partial charge in [0, 0.05) is 17.4 Å². The van der Waals surface area contributed by atoms with Crippen LogP contribution < -0.4 is 16.8 Å². The van der Waals surface area contributed by atoms with Crippen LogP contribution in [-0.2, 0) is 6.42 Å². The molecule has 2 heterocycles. The Morgan fingerprint density at radius 2 is 1.68 bits per heavy atom. The molecule has 0 saturated carbocycles. The van der Waals surface area contributed by atoms with Gasteiger partial charge < -0.3 is 16.6 Å². The Balaban J connectivity index is 1.85. The Kier molecular flexibility index (Phi) is 4.81. The predicted octanol–water partition coefficient (Wildman–Crippen LogP) is 3.08. The molecule has 12 heteroatoms. The summed E-state index contributed by atoms with van der Waals surface area (Å²) in [5.74, 6) is -3.96. The predicted molar refractivity (Wildman–Crippen MR) is 106 cm³/mol. The molecule has 0 bridgehead atoms. The van der Waals surface area contributed by atoms with Crippen molar-refractivity contribution in [3.63, 3.8) is 0 Å². The molecule has 2 aromatic heterocycles. The lowest BCUT2D eigenvalue weighted by Crippen LogP contribution is -2.16. The minimum Gasteiger partial charge on any atom is -0.465 e. The second-order valence-electron chi connectivity index (χ2n) is 6.47. The molecule has 0 aliphatic rings. The summed E-state index contributed by atoms with van der Waals surface area (Å²) in [6, 6.07) is 8.25. The largest absolute Gasteiger partial charge is 0.465 e. The summed E-state index contributed by atoms with van der Waals surface area (Å²) in [7, 11) is 0. The van der Waals surface area contributed by atoms with Crippen LogP contribution in [0.5, 0.6) is 0 Å². The van der Waals surface area contributed by atoms with E-state index in [-0.39, 0.29) is 35.4 Å². The number of carbonyl (C=O) groups is 1. The highest BCUT2D eigenvalue weighted by Gasteiger charge is 2.21. The number of halogens is 3. The molecule has 2 aromatic carbocycles. The second-order valence-corrected chi connectivity index (χ2v) is 6.47. The first-order chi connectivity index (χ1) is 14.8. The van der Waals surface area contributed by atoms with Gasteiger partial charge in [0.1, 0.15) is 11.5 Å². The van der Waals surface area contributed by atoms with E-state index in [4.69, 9.17) is 16.6 Å². The molecule has 0 radical (unpaired) electrons. The molecule has 1 amide bonds. The highest BCUT2D eigenvalue weighted by molar-refractivity contribution is 5.91. The molecular formula is C19H14F3N7O2. The summed E-state index contributed by atoms with van der Waals surface area (Å²) >= 11 is 0. The molecule has 9 nitrogen and oxygen atoms in total. The zero-order chi connectivity index (χ0) is 22.3. The van der Waals surface area contributed by atoms with Crippen molar-refractivity contribution in [3.8, 4) is 5.95 Å². The van der Waals surface area contributed by atoms with Gasteiger partial charge in [-0.3, -0.25) is 5.32 Å². The first kappa shape index (κ1) is 19.9. The number of amides is 1. The minimum absolute atomic E-state index is 0.0893. The number of anilines is 3. The van der Waals surface area contributed by atoms with Crippen LogP contribution in [0.4, 0.5) is 35.3 Å². The number of rotatable bonds is 4. The number of nitrogen functional groups attached to an aromatic ring is 2. The van der Waals surface area contributed by atoms with Crippen molar-refractivity contribution in [1.29, 1.82) is 0 Å². The fraction of sp³-hybridized carbons (Fsp3) is 0.0526. The molecule has 0 aliphatic carbocycles. The maximum absolute atomic E-state index is 14.2. The zero-order valence-electron chi connectivity index (χ0n) is 15.6. The van der Waals surface area contributed by atoms with E-state index >= 15 is 0 Å². The molecule has 0 saturated heterocycles. The van der Waals surface area contributed by atoms with E-state index in [1.165, 1.54) is 4.68 Å². The summed E-state index contributed by atoms with van der Waals surface area (Å²) in [5, 5.41) is 15.7. The lowest BCUT2D eigenvalue weighted by Gasteiger charge is -2.09. The number of hydrogen-bond acceptors (Lipinski definition) is 6. The SMILES string of the molecule is Nc1nc(-n2nc(Cc3c(F)ccc(F)c3F)c3ccccc32)nc(N)c1NC(=O)O. The topological polar surface area (TPSA) is 145 Å². The summed E-state index contributed by atoms with van der Waals surface area (Å²) in [5.41, 5.74) is 11.6. The molecule has 31 heavy (non-hydrogen) atoms. The first-order valence-corrected chi connectivity index (χ1v) is 8.78. The average Bonchev–Trinajstić information content (AvgIpc) is 3.09. The number of benzene rings is 2. The molecule has 0 unspecified atom stereocenters. The van der Waals surface area contributed by atoms with Gasteiger partial charge in [0.25, 0.3) is 5.95 Å². The van der Waals surface area contributed by atoms with E-state index in [0.717, 1.165) is 6.07 Å². The number of para-hydroxylation sites is 1. The summed E-state index contributed by atoms with van der Waals surface area (Å²) in [6.45, 7) is 0. The monoisotopic (exact) mass is 429 g/mol. The standard InChI is InChI=1S/C19H14F3N7O2/c20-10-5-6-11(21)14(22)9(10)7-12-8-3-1-2-4-13(8)29(28-12)18-26-16(23)15(17(24)27-18)25-19(30)31/h1-6,25H,7H2,(H,30,31)(H4,23,24,26,27). The van der Waals surface area contributed by atoms with E-state index < -0.39 is 29.1 Å². The van der Waals surface area contributed by atoms with E-state index in [2.05, 4.69) is 15.1 Å². The van der Waals surface area contributed by atoms with Crippen molar-refractivity contribution < 1.29 is 23.1 Å². The normalized spacial score (nSPS) is 11.1. The first-order valence-electron chi connectivity index (χ1n) is 8.78. The van der Waals surface area contributed by atoms with E-state index in [1.807, 2.05) is 5.32 Å². The summed E-state index contributed by atoms with van der Waals surface area (Å²) in [4.78, 5) is 18.9. The van der Waals surface area contributed by atoms with Gasteiger partial charge in [-0.2, -0.15) is 19.7 Å². The molecule has 4 aromatic rings. The van der Waals surface area contributed by atoms with Gasteiger partial charge >= 0.3 is 6.09 Å². The van der Waals surface area contributed by atoms with Crippen molar-refractivity contribution in [2.24, 2.45) is 0 Å². The molecule has 4 rings (SSSR count). The van der Waals surface area contributed by atoms with Crippen molar-refractivity contribution in [1.82, 2.24) is 19.7 Å². The van der Waals surface area contributed by atoms with Crippen LogP contribution in [-0.4, -0.2) is 30.9 Å². The van der Waals surface area contributed by atoms with Gasteiger partial charge in [-0.15, -0.1) is 0 Å². The summed E-state index contributed by atoms with van der Waals surface area (Å²) < 4.78 is 43.2. The van der Waals surface area contributed by atoms with E-state index in [9.17, 15) is 18.0 Å². The van der Waals surface area contributed by atoms with Crippen molar-refractivity contribution >= 4 is 34.3 Å². The Bertz CT molecular complexity index is 1320. The van der Waals surface area contributed by atoms with Gasteiger partial charge in [0.2, 0.25) is 0 Å². The Morgan fingerprint density at radius 3 is 2.35 bits per heavy atom. The molecule has 0 atom stereocenters. The van der Waals surface area contributed by atoms with Gasteiger partial charge in [-0.25, -0.2) is 18.0 Å². The quantitative estimate of drug-likeness (QED) is 0.365. The Hall–Kier alpha value is -4.35. The molecule has 0 aliphatic heterocycles. The van der Waals surface area contributed by atoms with E-state index in [1.54, 1.807) is 24.3 Å². The third-order valence-corrected chi connectivity index (χ3v) is 4.52. The molecule has 0 fully saturated rings. The maximum atomic E-state index is 14.2.